The molecule has 0 fully saturated rings. The molecule has 0 unspecified atom stereocenters. The molecule has 11 aromatic rings. The van der Waals surface area contributed by atoms with Gasteiger partial charge in [0.1, 0.15) is 11.2 Å². The van der Waals surface area contributed by atoms with E-state index in [4.69, 9.17) is 4.42 Å². The minimum Gasteiger partial charge on any atom is -0.456 e. The van der Waals surface area contributed by atoms with E-state index in [0.717, 1.165) is 44.3 Å². The molecule has 3 heterocycles. The SMILES string of the molecule is c1ccc(-c2cccc(-n3c4ccccc4c4cc5c6c7c(ccc6n(-c6cccc(-c8ccccc8)c6)c5cc43)oc3ccccc37)c2)cc1. The van der Waals surface area contributed by atoms with Crippen molar-refractivity contribution in [2.45, 2.75) is 0 Å². The number of nitrogens with zero attached hydrogens (tertiary/aromatic N) is 2. The summed E-state index contributed by atoms with van der Waals surface area (Å²) in [6.45, 7) is 0. The summed E-state index contributed by atoms with van der Waals surface area (Å²) >= 11 is 0. The number of hydrogen-bond acceptors (Lipinski definition) is 1. The third-order valence-corrected chi connectivity index (χ3v) is 10.5. The first-order valence-electron chi connectivity index (χ1n) is 17.4. The molecule has 0 aliphatic rings. The van der Waals surface area contributed by atoms with Crippen molar-refractivity contribution in [1.29, 1.82) is 0 Å². The molecule has 0 spiro atoms. The summed E-state index contributed by atoms with van der Waals surface area (Å²) in [7, 11) is 0. The van der Waals surface area contributed by atoms with Crippen LogP contribution in [-0.4, -0.2) is 9.13 Å². The molecule has 0 bridgehead atoms. The standard InChI is InChI=1S/C48H30N2O/c1-3-13-31(14-4-1)33-17-11-19-35(27-33)49-41-23-9-7-21-37(41)39-29-40-44(30-43(39)49)50(36-20-12-18-34(28-36)32-15-5-2-6-16-32)42-25-26-46-48(47(40)42)38-22-8-10-24-45(38)51-46/h1-30H. The number of aromatic nitrogens is 2. The van der Waals surface area contributed by atoms with E-state index in [1.54, 1.807) is 0 Å². The zero-order valence-corrected chi connectivity index (χ0v) is 27.6. The van der Waals surface area contributed by atoms with Gasteiger partial charge in [-0.1, -0.05) is 121 Å². The Morgan fingerprint density at radius 2 is 0.863 bits per heavy atom. The second kappa shape index (κ2) is 10.8. The zero-order valence-electron chi connectivity index (χ0n) is 27.6. The number of rotatable bonds is 4. The van der Waals surface area contributed by atoms with Crippen molar-refractivity contribution in [3.8, 4) is 33.6 Å². The molecule has 3 heteroatoms. The summed E-state index contributed by atoms with van der Waals surface area (Å²) in [6.07, 6.45) is 0. The van der Waals surface area contributed by atoms with E-state index in [0.29, 0.717) is 0 Å². The van der Waals surface area contributed by atoms with E-state index in [1.807, 2.05) is 6.07 Å². The fraction of sp³-hybridized carbons (Fsp3) is 0. The number of para-hydroxylation sites is 2. The van der Waals surface area contributed by atoms with Crippen LogP contribution < -0.4 is 0 Å². The summed E-state index contributed by atoms with van der Waals surface area (Å²) in [5, 5.41) is 7.17. The van der Waals surface area contributed by atoms with Crippen molar-refractivity contribution >= 4 is 65.6 Å². The maximum absolute atomic E-state index is 6.46. The number of hydrogen-bond donors (Lipinski definition) is 0. The van der Waals surface area contributed by atoms with Gasteiger partial charge >= 0.3 is 0 Å². The minimum absolute atomic E-state index is 0.904. The average molecular weight is 651 g/mol. The molecular formula is C48H30N2O. The highest BCUT2D eigenvalue weighted by molar-refractivity contribution is 6.29. The molecule has 0 atom stereocenters. The van der Waals surface area contributed by atoms with Gasteiger partial charge in [0.05, 0.1) is 22.1 Å². The molecule has 0 N–H and O–H groups in total. The summed E-state index contributed by atoms with van der Waals surface area (Å²) in [5.41, 5.74) is 13.5. The van der Waals surface area contributed by atoms with Gasteiger partial charge in [-0.05, 0) is 82.9 Å². The van der Waals surface area contributed by atoms with Crippen LogP contribution in [0.25, 0.3) is 99.2 Å². The second-order valence-corrected chi connectivity index (χ2v) is 13.3. The van der Waals surface area contributed by atoms with Crippen molar-refractivity contribution in [2.24, 2.45) is 0 Å². The number of fused-ring (bicyclic) bond motifs is 10. The van der Waals surface area contributed by atoms with Crippen LogP contribution in [-0.2, 0) is 0 Å². The Morgan fingerprint density at radius 3 is 1.57 bits per heavy atom. The fourth-order valence-electron chi connectivity index (χ4n) is 8.25. The summed E-state index contributed by atoms with van der Waals surface area (Å²) in [4.78, 5) is 0. The molecular weight excluding hydrogens is 621 g/mol. The lowest BCUT2D eigenvalue weighted by atomic mass is 10.0. The second-order valence-electron chi connectivity index (χ2n) is 13.3. The minimum atomic E-state index is 0.904. The first-order valence-corrected chi connectivity index (χ1v) is 17.4. The third-order valence-electron chi connectivity index (χ3n) is 10.5. The highest BCUT2D eigenvalue weighted by atomic mass is 16.3. The van der Waals surface area contributed by atoms with Gasteiger partial charge in [-0.15, -0.1) is 0 Å². The predicted octanol–water partition coefficient (Wildman–Crippen LogP) is 13.1. The van der Waals surface area contributed by atoms with Crippen molar-refractivity contribution in [1.82, 2.24) is 9.13 Å². The molecule has 3 aromatic heterocycles. The molecule has 0 radical (unpaired) electrons. The van der Waals surface area contributed by atoms with Crippen LogP contribution in [0.4, 0.5) is 0 Å². The van der Waals surface area contributed by atoms with E-state index >= 15 is 0 Å². The Balaban J connectivity index is 1.28. The van der Waals surface area contributed by atoms with Gasteiger partial charge in [0, 0.05) is 43.7 Å². The molecule has 51 heavy (non-hydrogen) atoms. The summed E-state index contributed by atoms with van der Waals surface area (Å²) < 4.78 is 11.3. The van der Waals surface area contributed by atoms with Crippen LogP contribution in [0.1, 0.15) is 0 Å². The van der Waals surface area contributed by atoms with E-state index in [-0.39, 0.29) is 0 Å². The van der Waals surface area contributed by atoms with Crippen LogP contribution in [0.2, 0.25) is 0 Å². The van der Waals surface area contributed by atoms with Gasteiger partial charge in [0.25, 0.3) is 0 Å². The number of furan rings is 1. The average Bonchev–Trinajstić information content (AvgIpc) is 3.85. The maximum Gasteiger partial charge on any atom is 0.136 e. The fourth-order valence-corrected chi connectivity index (χ4v) is 8.25. The molecule has 0 aliphatic heterocycles. The van der Waals surface area contributed by atoms with Crippen LogP contribution in [0.3, 0.4) is 0 Å². The Hall–Kier alpha value is -6.84. The van der Waals surface area contributed by atoms with E-state index in [9.17, 15) is 0 Å². The van der Waals surface area contributed by atoms with Crippen LogP contribution in [0, 0.1) is 0 Å². The van der Waals surface area contributed by atoms with Gasteiger partial charge in [-0.2, -0.15) is 0 Å². The molecule has 0 aliphatic carbocycles. The Bertz CT molecular complexity index is 3130. The smallest absolute Gasteiger partial charge is 0.136 e. The molecule has 238 valence electrons. The quantitative estimate of drug-likeness (QED) is 0.186. The normalized spacial score (nSPS) is 11.9. The Morgan fingerprint density at radius 1 is 0.294 bits per heavy atom. The molecule has 0 saturated carbocycles. The Labute approximate surface area is 293 Å². The van der Waals surface area contributed by atoms with Crippen molar-refractivity contribution < 1.29 is 4.42 Å². The first-order chi connectivity index (χ1) is 25.3. The zero-order chi connectivity index (χ0) is 33.5. The van der Waals surface area contributed by atoms with E-state index < -0.39 is 0 Å². The maximum atomic E-state index is 6.46. The highest BCUT2D eigenvalue weighted by Gasteiger charge is 2.22. The van der Waals surface area contributed by atoms with Crippen LogP contribution >= 0.6 is 0 Å². The van der Waals surface area contributed by atoms with Crippen molar-refractivity contribution in [2.75, 3.05) is 0 Å². The lowest BCUT2D eigenvalue weighted by Gasteiger charge is -2.12. The first kappa shape index (κ1) is 28.0. The number of benzene rings is 8. The lowest BCUT2D eigenvalue weighted by molar-refractivity contribution is 0.669. The van der Waals surface area contributed by atoms with E-state index in [1.165, 1.54) is 54.8 Å². The lowest BCUT2D eigenvalue weighted by Crippen LogP contribution is -1.96. The summed E-state index contributed by atoms with van der Waals surface area (Å²) in [5.74, 6) is 0. The van der Waals surface area contributed by atoms with Gasteiger partial charge in [0.15, 0.2) is 0 Å². The van der Waals surface area contributed by atoms with Gasteiger partial charge in [0.2, 0.25) is 0 Å². The summed E-state index contributed by atoms with van der Waals surface area (Å²) in [6, 6.07) is 65.5. The third kappa shape index (κ3) is 4.19. The highest BCUT2D eigenvalue weighted by Crippen LogP contribution is 2.44. The largest absolute Gasteiger partial charge is 0.456 e. The Kier molecular flexibility index (Phi) is 5.96. The van der Waals surface area contributed by atoms with Crippen LogP contribution in [0.5, 0.6) is 0 Å². The molecule has 8 aromatic carbocycles. The van der Waals surface area contributed by atoms with Crippen molar-refractivity contribution in [3.63, 3.8) is 0 Å². The molecule has 0 saturated heterocycles. The molecule has 3 nitrogen and oxygen atoms in total. The molecule has 11 rings (SSSR count). The molecule has 0 amide bonds. The van der Waals surface area contributed by atoms with Crippen LogP contribution in [0.15, 0.2) is 186 Å². The van der Waals surface area contributed by atoms with Gasteiger partial charge < -0.3 is 13.6 Å². The van der Waals surface area contributed by atoms with Gasteiger partial charge in [-0.25, -0.2) is 0 Å². The van der Waals surface area contributed by atoms with E-state index in [2.05, 4.69) is 185 Å². The van der Waals surface area contributed by atoms with Gasteiger partial charge in [-0.3, -0.25) is 0 Å². The monoisotopic (exact) mass is 650 g/mol. The topological polar surface area (TPSA) is 23.0 Å². The predicted molar refractivity (Wildman–Crippen MR) is 213 cm³/mol. The van der Waals surface area contributed by atoms with Crippen molar-refractivity contribution in [3.05, 3.63) is 182 Å².